The molecule has 0 aromatic heterocycles. The topological polar surface area (TPSA) is 49.9 Å². The maximum Gasteiger partial charge on any atom is 0.234 e. The number of hydrogen-bond donors (Lipinski definition) is 0. The largest absolute Gasteiger partial charge is 0.494 e. The summed E-state index contributed by atoms with van der Waals surface area (Å²) in [6, 6.07) is 8.52. The lowest BCUT2D eigenvalue weighted by atomic mass is 9.81. The van der Waals surface area contributed by atoms with Crippen LogP contribution in [0.1, 0.15) is 57.1 Å². The second-order valence-electron chi connectivity index (χ2n) is 7.72. The molecule has 2 amide bonds. The molecule has 1 saturated carbocycles. The van der Waals surface area contributed by atoms with Crippen LogP contribution in [0.2, 0.25) is 0 Å². The normalized spacial score (nSPS) is 29.3. The first kappa shape index (κ1) is 17.5. The van der Waals surface area contributed by atoms with Crippen LogP contribution < -0.4 is 4.74 Å². The Bertz CT molecular complexity index is 648. The fraction of sp³-hybridized carbons (Fsp3) is 0.619. The summed E-state index contributed by atoms with van der Waals surface area (Å²) >= 11 is 0. The summed E-state index contributed by atoms with van der Waals surface area (Å²) in [4.78, 5) is 29.4. The van der Waals surface area contributed by atoms with Crippen molar-refractivity contribution in [2.75, 3.05) is 19.8 Å². The van der Waals surface area contributed by atoms with E-state index in [-0.39, 0.29) is 29.7 Å². The van der Waals surface area contributed by atoms with Gasteiger partial charge in [-0.05, 0) is 50.3 Å². The number of ether oxygens (including phenoxy) is 1. The second kappa shape index (κ2) is 7.39. The first-order valence-corrected chi connectivity index (χ1v) is 10.0. The lowest BCUT2D eigenvalue weighted by molar-refractivity contribution is -0.142. The Kier molecular flexibility index (Phi) is 4.98. The van der Waals surface area contributed by atoms with E-state index < -0.39 is 0 Å². The van der Waals surface area contributed by atoms with E-state index in [2.05, 4.69) is 17.0 Å². The minimum absolute atomic E-state index is 0.0530. The molecule has 0 spiro atoms. The van der Waals surface area contributed by atoms with Crippen molar-refractivity contribution in [3.63, 3.8) is 0 Å². The molecule has 5 heteroatoms. The van der Waals surface area contributed by atoms with Crippen molar-refractivity contribution in [2.45, 2.75) is 51.5 Å². The van der Waals surface area contributed by atoms with Crippen LogP contribution in [-0.4, -0.2) is 41.4 Å². The van der Waals surface area contributed by atoms with Gasteiger partial charge in [-0.2, -0.15) is 0 Å². The van der Waals surface area contributed by atoms with Gasteiger partial charge in [-0.1, -0.05) is 25.0 Å². The number of carbonyl (C=O) groups excluding carboxylic acids is 2. The third-order valence-corrected chi connectivity index (χ3v) is 6.20. The van der Waals surface area contributed by atoms with E-state index in [1.807, 2.05) is 19.1 Å². The van der Waals surface area contributed by atoms with Gasteiger partial charge in [-0.15, -0.1) is 0 Å². The SMILES string of the molecule is CCOc1ccc([C@@H]2CCCN2CN2C(=O)[C@@H]3CCCC[C@H]3C2=O)cc1. The quantitative estimate of drug-likeness (QED) is 0.759. The van der Waals surface area contributed by atoms with Gasteiger partial charge in [0.1, 0.15) is 5.75 Å². The van der Waals surface area contributed by atoms with Crippen LogP contribution in [0.15, 0.2) is 24.3 Å². The van der Waals surface area contributed by atoms with Crippen molar-refractivity contribution in [2.24, 2.45) is 11.8 Å². The molecule has 0 N–H and O–H groups in total. The van der Waals surface area contributed by atoms with Crippen molar-refractivity contribution in [3.8, 4) is 5.75 Å². The summed E-state index contributed by atoms with van der Waals surface area (Å²) in [5, 5.41) is 0. The monoisotopic (exact) mass is 356 g/mol. The number of imide groups is 1. The van der Waals surface area contributed by atoms with Crippen molar-refractivity contribution in [1.82, 2.24) is 9.80 Å². The first-order chi connectivity index (χ1) is 12.7. The average molecular weight is 356 g/mol. The van der Waals surface area contributed by atoms with Crippen molar-refractivity contribution in [1.29, 1.82) is 0 Å². The van der Waals surface area contributed by atoms with Crippen LogP contribution in [0, 0.1) is 11.8 Å². The molecular weight excluding hydrogens is 328 g/mol. The van der Waals surface area contributed by atoms with E-state index in [0.717, 1.165) is 50.8 Å². The maximum atomic E-state index is 12.8. The van der Waals surface area contributed by atoms with Gasteiger partial charge in [0, 0.05) is 12.6 Å². The molecule has 3 atom stereocenters. The molecule has 1 aliphatic carbocycles. The molecule has 0 radical (unpaired) electrons. The molecule has 3 fully saturated rings. The fourth-order valence-electron chi connectivity index (χ4n) is 4.88. The van der Waals surface area contributed by atoms with Gasteiger partial charge in [0.15, 0.2) is 0 Å². The molecule has 0 unspecified atom stereocenters. The predicted molar refractivity (Wildman–Crippen MR) is 98.5 cm³/mol. The Balaban J connectivity index is 1.47. The third kappa shape index (κ3) is 3.13. The minimum atomic E-state index is -0.0530. The van der Waals surface area contributed by atoms with E-state index in [0.29, 0.717) is 13.3 Å². The number of benzene rings is 1. The van der Waals surface area contributed by atoms with Gasteiger partial charge in [0.25, 0.3) is 0 Å². The summed E-state index contributed by atoms with van der Waals surface area (Å²) in [6.45, 7) is 4.03. The van der Waals surface area contributed by atoms with Gasteiger partial charge in [-0.25, -0.2) is 0 Å². The standard InChI is InChI=1S/C21H28N2O3/c1-2-26-16-11-9-15(10-12-16)19-8-5-13-22(19)14-23-20(24)17-6-3-4-7-18(17)21(23)25/h9-12,17-19H,2-8,13-14H2,1H3/t17-,18-,19+/m1/s1. The van der Waals surface area contributed by atoms with Crippen LogP contribution in [0.3, 0.4) is 0 Å². The highest BCUT2D eigenvalue weighted by molar-refractivity contribution is 6.05. The number of likely N-dealkylation sites (tertiary alicyclic amines) is 2. The predicted octanol–water partition coefficient (Wildman–Crippen LogP) is 3.35. The highest BCUT2D eigenvalue weighted by Gasteiger charge is 2.48. The number of amides is 2. The van der Waals surface area contributed by atoms with Gasteiger partial charge in [-0.3, -0.25) is 19.4 Å². The van der Waals surface area contributed by atoms with E-state index >= 15 is 0 Å². The highest BCUT2D eigenvalue weighted by Crippen LogP contribution is 2.39. The molecule has 140 valence electrons. The summed E-state index contributed by atoms with van der Waals surface area (Å²) < 4.78 is 5.53. The average Bonchev–Trinajstić information content (AvgIpc) is 3.22. The number of hydrogen-bond acceptors (Lipinski definition) is 4. The molecule has 3 aliphatic rings. The van der Waals surface area contributed by atoms with Gasteiger partial charge in [0.2, 0.25) is 11.8 Å². The van der Waals surface area contributed by atoms with Gasteiger partial charge >= 0.3 is 0 Å². The zero-order valence-corrected chi connectivity index (χ0v) is 15.5. The Labute approximate surface area is 155 Å². The molecule has 1 aromatic carbocycles. The van der Waals surface area contributed by atoms with Crippen molar-refractivity contribution in [3.05, 3.63) is 29.8 Å². The number of rotatable bonds is 5. The molecule has 1 aromatic rings. The number of nitrogens with zero attached hydrogens (tertiary/aromatic N) is 2. The Morgan fingerprint density at radius 3 is 2.23 bits per heavy atom. The minimum Gasteiger partial charge on any atom is -0.494 e. The van der Waals surface area contributed by atoms with Crippen LogP contribution in [0.25, 0.3) is 0 Å². The molecule has 2 aliphatic heterocycles. The summed E-state index contributed by atoms with van der Waals surface area (Å²) in [7, 11) is 0. The molecule has 4 rings (SSSR count). The van der Waals surface area contributed by atoms with Crippen molar-refractivity contribution < 1.29 is 14.3 Å². The van der Waals surface area contributed by atoms with Crippen LogP contribution in [-0.2, 0) is 9.59 Å². The molecular formula is C21H28N2O3. The van der Waals surface area contributed by atoms with E-state index in [1.54, 1.807) is 4.90 Å². The van der Waals surface area contributed by atoms with Gasteiger partial charge in [0.05, 0.1) is 25.1 Å². The summed E-state index contributed by atoms with van der Waals surface area (Å²) in [5.74, 6) is 0.911. The zero-order valence-electron chi connectivity index (χ0n) is 15.5. The smallest absolute Gasteiger partial charge is 0.234 e. The number of fused-ring (bicyclic) bond motifs is 1. The number of carbonyl (C=O) groups is 2. The fourth-order valence-corrected chi connectivity index (χ4v) is 4.88. The van der Waals surface area contributed by atoms with Crippen LogP contribution >= 0.6 is 0 Å². The van der Waals surface area contributed by atoms with Crippen molar-refractivity contribution >= 4 is 11.8 Å². The van der Waals surface area contributed by atoms with E-state index in [1.165, 1.54) is 5.56 Å². The Hall–Kier alpha value is -1.88. The molecule has 0 bridgehead atoms. The summed E-state index contributed by atoms with van der Waals surface area (Å²) in [6.07, 6.45) is 6.08. The van der Waals surface area contributed by atoms with E-state index in [4.69, 9.17) is 4.74 Å². The van der Waals surface area contributed by atoms with E-state index in [9.17, 15) is 9.59 Å². The Morgan fingerprint density at radius 2 is 1.62 bits per heavy atom. The lowest BCUT2D eigenvalue weighted by Crippen LogP contribution is -2.41. The highest BCUT2D eigenvalue weighted by atomic mass is 16.5. The maximum absolute atomic E-state index is 12.8. The zero-order chi connectivity index (χ0) is 18.1. The van der Waals surface area contributed by atoms with Gasteiger partial charge < -0.3 is 4.74 Å². The summed E-state index contributed by atoms with van der Waals surface area (Å²) in [5.41, 5.74) is 1.24. The molecule has 26 heavy (non-hydrogen) atoms. The molecule has 2 saturated heterocycles. The third-order valence-electron chi connectivity index (χ3n) is 6.20. The first-order valence-electron chi connectivity index (χ1n) is 10.0. The lowest BCUT2D eigenvalue weighted by Gasteiger charge is -2.29. The Morgan fingerprint density at radius 1 is 0.962 bits per heavy atom. The second-order valence-corrected chi connectivity index (χ2v) is 7.72. The van der Waals surface area contributed by atoms with Crippen LogP contribution in [0.5, 0.6) is 5.75 Å². The van der Waals surface area contributed by atoms with Crippen LogP contribution in [0.4, 0.5) is 0 Å². The molecule has 2 heterocycles. The molecule has 5 nitrogen and oxygen atoms in total.